The minimum atomic E-state index is -4.30. The third-order valence-corrected chi connectivity index (χ3v) is 2.71. The first kappa shape index (κ1) is 10.5. The summed E-state index contributed by atoms with van der Waals surface area (Å²) < 4.78 is 36.7. The molecular formula is C11H12F3N. The molecule has 0 bridgehead atoms. The molecule has 1 N–H and O–H groups in total. The third kappa shape index (κ3) is 2.50. The average Bonchev–Trinajstić information content (AvgIpc) is 2.16. The summed E-state index contributed by atoms with van der Waals surface area (Å²) >= 11 is 0. The Hall–Kier alpha value is -1.03. The summed E-state index contributed by atoms with van der Waals surface area (Å²) in [5.74, 6) is 0. The first-order valence-electron chi connectivity index (χ1n) is 4.98. The van der Waals surface area contributed by atoms with E-state index in [1.54, 1.807) is 17.4 Å². The summed E-state index contributed by atoms with van der Waals surface area (Å²) in [5, 5.41) is 1.71. The second-order valence-electron chi connectivity index (χ2n) is 3.79. The lowest BCUT2D eigenvalue weighted by molar-refractivity contribution is -0.165. The first-order valence-corrected chi connectivity index (χ1v) is 4.98. The van der Waals surface area contributed by atoms with Crippen molar-refractivity contribution in [2.24, 2.45) is 0 Å². The molecule has 0 fully saturated rings. The molecular weight excluding hydrogens is 203 g/mol. The van der Waals surface area contributed by atoms with E-state index in [0.717, 1.165) is 24.0 Å². The van der Waals surface area contributed by atoms with Gasteiger partial charge in [-0.1, -0.05) is 24.3 Å². The number of halogens is 3. The van der Waals surface area contributed by atoms with Crippen molar-refractivity contribution < 1.29 is 13.2 Å². The van der Waals surface area contributed by atoms with Crippen molar-refractivity contribution in [3.05, 3.63) is 35.4 Å². The molecule has 0 amide bonds. The van der Waals surface area contributed by atoms with E-state index in [4.69, 9.17) is 0 Å². The largest absolute Gasteiger partial charge is 0.457 e. The highest BCUT2D eigenvalue weighted by Crippen LogP contribution is 2.31. The van der Waals surface area contributed by atoms with Crippen LogP contribution in [0.5, 0.6) is 0 Å². The Kier molecular flexibility index (Phi) is 2.69. The van der Waals surface area contributed by atoms with E-state index < -0.39 is 12.3 Å². The fraction of sp³-hybridized carbons (Fsp3) is 0.455. The van der Waals surface area contributed by atoms with Gasteiger partial charge in [0.2, 0.25) is 0 Å². The zero-order valence-corrected chi connectivity index (χ0v) is 8.14. The molecule has 0 aromatic heterocycles. The molecule has 1 unspecified atom stereocenters. The summed E-state index contributed by atoms with van der Waals surface area (Å²) in [4.78, 5) is 0. The zero-order valence-electron chi connectivity index (χ0n) is 8.14. The number of aryl methyl sites for hydroxylation is 1. The van der Waals surface area contributed by atoms with Gasteiger partial charge in [0.05, 0.1) is 0 Å². The summed E-state index contributed by atoms with van der Waals surface area (Å²) in [6.45, 7) is 0. The summed E-state index contributed by atoms with van der Waals surface area (Å²) in [5.41, 5.74) is 1.83. The van der Waals surface area contributed by atoms with Gasteiger partial charge in [-0.2, -0.15) is 13.2 Å². The summed E-state index contributed by atoms with van der Waals surface area (Å²) in [6, 6.07) is 6.76. The summed E-state index contributed by atoms with van der Waals surface area (Å²) in [6.07, 6.45) is -2.05. The lowest BCUT2D eigenvalue weighted by Crippen LogP contribution is -2.36. The maximum atomic E-state index is 12.2. The van der Waals surface area contributed by atoms with Crippen molar-refractivity contribution in [3.63, 3.8) is 0 Å². The summed E-state index contributed by atoms with van der Waals surface area (Å²) in [7, 11) is 0. The van der Waals surface area contributed by atoms with Gasteiger partial charge in [-0.05, 0) is 30.4 Å². The third-order valence-electron chi connectivity index (χ3n) is 2.71. The highest BCUT2D eigenvalue weighted by atomic mass is 19.4. The molecule has 1 nitrogen and oxygen atoms in total. The van der Waals surface area contributed by atoms with Crippen molar-refractivity contribution in [2.75, 3.05) is 0 Å². The number of hydrogen-bond acceptors (Lipinski definition) is 1. The molecule has 82 valence electrons. The second-order valence-corrected chi connectivity index (χ2v) is 3.79. The van der Waals surface area contributed by atoms with Crippen LogP contribution in [0.2, 0.25) is 0 Å². The number of benzene rings is 1. The van der Waals surface area contributed by atoms with Crippen LogP contribution in [0.3, 0.4) is 0 Å². The average molecular weight is 215 g/mol. The van der Waals surface area contributed by atoms with Crippen LogP contribution in [0.25, 0.3) is 0 Å². The lowest BCUT2D eigenvalue weighted by Gasteiger charge is -2.27. The Balaban J connectivity index is 2.22. The lowest BCUT2D eigenvalue weighted by atomic mass is 9.88. The topological polar surface area (TPSA) is 12.0 Å². The van der Waals surface area contributed by atoms with E-state index >= 15 is 0 Å². The molecule has 1 atom stereocenters. The van der Waals surface area contributed by atoms with E-state index in [9.17, 15) is 13.2 Å². The van der Waals surface area contributed by atoms with E-state index in [1.807, 2.05) is 12.1 Å². The van der Waals surface area contributed by atoms with Gasteiger partial charge >= 0.3 is 6.30 Å². The highest BCUT2D eigenvalue weighted by molar-refractivity contribution is 5.32. The fourth-order valence-electron chi connectivity index (χ4n) is 2.10. The fourth-order valence-corrected chi connectivity index (χ4v) is 2.10. The Morgan fingerprint density at radius 1 is 1.20 bits per heavy atom. The van der Waals surface area contributed by atoms with Crippen LogP contribution in [-0.2, 0) is 6.42 Å². The molecule has 1 aliphatic rings. The molecule has 1 aromatic rings. The first-order chi connectivity index (χ1) is 7.06. The van der Waals surface area contributed by atoms with Crippen LogP contribution in [0, 0.1) is 0 Å². The van der Waals surface area contributed by atoms with Gasteiger partial charge in [0.15, 0.2) is 0 Å². The molecule has 0 spiro atoms. The van der Waals surface area contributed by atoms with Gasteiger partial charge < -0.3 is 0 Å². The quantitative estimate of drug-likeness (QED) is 0.709. The number of alkyl halides is 3. The van der Waals surface area contributed by atoms with E-state index in [1.165, 1.54) is 0 Å². The number of rotatable bonds is 1. The zero-order chi connectivity index (χ0) is 10.9. The molecule has 15 heavy (non-hydrogen) atoms. The predicted molar refractivity (Wildman–Crippen MR) is 51.3 cm³/mol. The van der Waals surface area contributed by atoms with Gasteiger partial charge in [-0.3, -0.25) is 0 Å². The minimum absolute atomic E-state index is 0.552. The molecule has 1 aliphatic carbocycles. The molecule has 0 saturated heterocycles. The number of fused-ring (bicyclic) bond motifs is 1. The number of nitrogens with one attached hydrogen (secondary N) is 1. The Labute approximate surface area is 86.3 Å². The monoisotopic (exact) mass is 215 g/mol. The smallest absolute Gasteiger partial charge is 0.221 e. The maximum Gasteiger partial charge on any atom is 0.457 e. The Morgan fingerprint density at radius 3 is 2.67 bits per heavy atom. The van der Waals surface area contributed by atoms with Crippen LogP contribution in [0.15, 0.2) is 24.3 Å². The second kappa shape index (κ2) is 3.85. The number of hydrogen-bond donors (Lipinski definition) is 1. The highest BCUT2D eigenvalue weighted by Gasteiger charge is 2.33. The van der Waals surface area contributed by atoms with Crippen molar-refractivity contribution in [2.45, 2.75) is 31.6 Å². The SMILES string of the molecule is FC(F)(F)NC1CCCc2ccccc21. The van der Waals surface area contributed by atoms with Crippen LogP contribution >= 0.6 is 0 Å². The molecule has 4 heteroatoms. The molecule has 1 aromatic carbocycles. The van der Waals surface area contributed by atoms with Gasteiger partial charge in [0.25, 0.3) is 0 Å². The van der Waals surface area contributed by atoms with Gasteiger partial charge in [0, 0.05) is 6.04 Å². The molecule has 0 aliphatic heterocycles. The van der Waals surface area contributed by atoms with Crippen molar-refractivity contribution in [3.8, 4) is 0 Å². The Morgan fingerprint density at radius 2 is 1.93 bits per heavy atom. The Bertz CT molecular complexity index is 346. The van der Waals surface area contributed by atoms with E-state index in [2.05, 4.69) is 0 Å². The predicted octanol–water partition coefficient (Wildman–Crippen LogP) is 3.17. The minimum Gasteiger partial charge on any atom is -0.221 e. The maximum absolute atomic E-state index is 12.2. The van der Waals surface area contributed by atoms with Crippen molar-refractivity contribution in [1.29, 1.82) is 0 Å². The normalized spacial score (nSPS) is 21.1. The van der Waals surface area contributed by atoms with Crippen molar-refractivity contribution in [1.82, 2.24) is 5.32 Å². The molecule has 2 rings (SSSR count). The molecule has 0 saturated carbocycles. The van der Waals surface area contributed by atoms with Gasteiger partial charge in [0.1, 0.15) is 0 Å². The van der Waals surface area contributed by atoms with Gasteiger partial charge in [-0.15, -0.1) is 0 Å². The van der Waals surface area contributed by atoms with Crippen molar-refractivity contribution >= 4 is 0 Å². The molecule has 0 heterocycles. The molecule has 0 radical (unpaired) electrons. The van der Waals surface area contributed by atoms with Crippen LogP contribution in [-0.4, -0.2) is 6.30 Å². The van der Waals surface area contributed by atoms with E-state index in [0.29, 0.717) is 6.42 Å². The standard InChI is InChI=1S/C11H12F3N/c12-11(13,14)15-10-7-3-5-8-4-1-2-6-9(8)10/h1-2,4,6,10,15H,3,5,7H2. The van der Waals surface area contributed by atoms with Crippen LogP contribution in [0.4, 0.5) is 13.2 Å². The van der Waals surface area contributed by atoms with Gasteiger partial charge in [-0.25, -0.2) is 5.32 Å². The van der Waals surface area contributed by atoms with E-state index in [-0.39, 0.29) is 0 Å². The van der Waals surface area contributed by atoms with Crippen LogP contribution in [0.1, 0.15) is 30.0 Å². The van der Waals surface area contributed by atoms with Crippen LogP contribution < -0.4 is 5.32 Å².